The predicted molar refractivity (Wildman–Crippen MR) is 93.0 cm³/mol. The average molecular weight is 346 g/mol. The van der Waals surface area contributed by atoms with Gasteiger partial charge in [0.15, 0.2) is 0 Å². The lowest BCUT2D eigenvalue weighted by Gasteiger charge is -2.19. The third-order valence-electron chi connectivity index (χ3n) is 3.57. The van der Waals surface area contributed by atoms with Gasteiger partial charge in [-0.05, 0) is 42.7 Å². The summed E-state index contributed by atoms with van der Waals surface area (Å²) in [6.07, 6.45) is 5.14. The Labute approximate surface area is 146 Å². The Hall–Kier alpha value is -2.13. The summed E-state index contributed by atoms with van der Waals surface area (Å²) in [5, 5.41) is 22.0. The smallest absolute Gasteiger partial charge is 0.138 e. The van der Waals surface area contributed by atoms with Gasteiger partial charge in [-0.15, -0.1) is 0 Å². The molecule has 0 spiro atoms. The molecule has 2 rings (SSSR count). The van der Waals surface area contributed by atoms with E-state index >= 15 is 0 Å². The van der Waals surface area contributed by atoms with E-state index < -0.39 is 0 Å². The molecule has 0 fully saturated rings. The minimum absolute atomic E-state index is 0.0894. The van der Waals surface area contributed by atoms with Gasteiger partial charge in [-0.2, -0.15) is 5.26 Å². The molecule has 0 aliphatic carbocycles. The fourth-order valence-corrected chi connectivity index (χ4v) is 2.56. The molecule has 0 aliphatic heterocycles. The Bertz CT molecular complexity index is 674. The molecule has 6 heteroatoms. The van der Waals surface area contributed by atoms with Crippen molar-refractivity contribution in [3.8, 4) is 11.8 Å². The zero-order chi connectivity index (χ0) is 17.2. The normalized spacial score (nSPS) is 11.7. The summed E-state index contributed by atoms with van der Waals surface area (Å²) >= 11 is 5.95. The Morgan fingerprint density at radius 1 is 1.29 bits per heavy atom. The fraction of sp³-hybridized carbons (Fsp3) is 0.333. The molecule has 1 unspecified atom stereocenters. The van der Waals surface area contributed by atoms with E-state index in [1.54, 1.807) is 30.6 Å². The van der Waals surface area contributed by atoms with Crippen LogP contribution >= 0.6 is 11.6 Å². The molecule has 0 radical (unpaired) electrons. The van der Waals surface area contributed by atoms with E-state index in [2.05, 4.69) is 16.4 Å². The zero-order valence-electron chi connectivity index (χ0n) is 13.3. The maximum absolute atomic E-state index is 9.09. The molecule has 1 aromatic heterocycles. The SMILES string of the molecule is N#Cc1ccc(Cl)cc1OCCCC(NCCO)c1ccncc1. The van der Waals surface area contributed by atoms with Crippen LogP contribution in [0.15, 0.2) is 42.7 Å². The van der Waals surface area contributed by atoms with E-state index in [0.29, 0.717) is 29.5 Å². The number of halogens is 1. The van der Waals surface area contributed by atoms with Gasteiger partial charge in [0.05, 0.1) is 18.8 Å². The standard InChI is InChI=1S/C18H20ClN3O2/c19-16-4-3-15(13-20)18(12-16)24-11-1-2-17(22-9-10-23)14-5-7-21-8-6-14/h3-8,12,17,22-23H,1-2,9-11H2. The molecule has 1 atom stereocenters. The fourth-order valence-electron chi connectivity index (χ4n) is 2.40. The van der Waals surface area contributed by atoms with Crippen molar-refractivity contribution in [3.63, 3.8) is 0 Å². The van der Waals surface area contributed by atoms with Crippen molar-refractivity contribution in [2.75, 3.05) is 19.8 Å². The maximum atomic E-state index is 9.09. The van der Waals surface area contributed by atoms with Gasteiger partial charge in [-0.25, -0.2) is 0 Å². The second-order valence-corrected chi connectivity index (χ2v) is 5.69. The highest BCUT2D eigenvalue weighted by molar-refractivity contribution is 6.30. The van der Waals surface area contributed by atoms with Crippen LogP contribution in [-0.2, 0) is 0 Å². The van der Waals surface area contributed by atoms with Gasteiger partial charge < -0.3 is 15.2 Å². The molecule has 1 aromatic carbocycles. The van der Waals surface area contributed by atoms with Crippen LogP contribution in [-0.4, -0.2) is 29.8 Å². The number of nitrogens with zero attached hydrogens (tertiary/aromatic N) is 2. The molecule has 0 bridgehead atoms. The molecule has 0 saturated carbocycles. The van der Waals surface area contributed by atoms with Crippen molar-refractivity contribution in [2.45, 2.75) is 18.9 Å². The minimum Gasteiger partial charge on any atom is -0.492 e. The quantitative estimate of drug-likeness (QED) is 0.683. The molecular weight excluding hydrogens is 326 g/mol. The number of pyridine rings is 1. The Morgan fingerprint density at radius 2 is 2.08 bits per heavy atom. The van der Waals surface area contributed by atoms with Crippen LogP contribution in [0.4, 0.5) is 0 Å². The lowest BCUT2D eigenvalue weighted by atomic mass is 10.0. The Balaban J connectivity index is 1.89. The van der Waals surface area contributed by atoms with Crippen molar-refractivity contribution in [1.29, 1.82) is 5.26 Å². The van der Waals surface area contributed by atoms with Gasteiger partial charge in [0, 0.05) is 36.1 Å². The lowest BCUT2D eigenvalue weighted by molar-refractivity contribution is 0.271. The van der Waals surface area contributed by atoms with E-state index in [-0.39, 0.29) is 12.6 Å². The summed E-state index contributed by atoms with van der Waals surface area (Å²) in [5.41, 5.74) is 1.60. The number of benzene rings is 1. The summed E-state index contributed by atoms with van der Waals surface area (Å²) in [5.74, 6) is 0.508. The van der Waals surface area contributed by atoms with Gasteiger partial charge in [-0.1, -0.05) is 11.6 Å². The third kappa shape index (κ3) is 5.50. The second-order valence-electron chi connectivity index (χ2n) is 5.25. The second kappa shape index (κ2) is 9.89. The first-order chi connectivity index (χ1) is 11.7. The monoisotopic (exact) mass is 345 g/mol. The molecule has 5 nitrogen and oxygen atoms in total. The van der Waals surface area contributed by atoms with Crippen LogP contribution < -0.4 is 10.1 Å². The number of nitriles is 1. The first-order valence-electron chi connectivity index (χ1n) is 7.81. The number of aromatic nitrogens is 1. The average Bonchev–Trinajstić information content (AvgIpc) is 2.62. The third-order valence-corrected chi connectivity index (χ3v) is 3.80. The van der Waals surface area contributed by atoms with Gasteiger partial charge in [0.25, 0.3) is 0 Å². The summed E-state index contributed by atoms with van der Waals surface area (Å²) in [7, 11) is 0. The number of aliphatic hydroxyl groups is 1. The first-order valence-corrected chi connectivity index (χ1v) is 8.19. The Morgan fingerprint density at radius 3 is 2.79 bits per heavy atom. The highest BCUT2D eigenvalue weighted by Crippen LogP contribution is 2.23. The van der Waals surface area contributed by atoms with Crippen molar-refractivity contribution in [3.05, 3.63) is 58.9 Å². The van der Waals surface area contributed by atoms with Crippen molar-refractivity contribution < 1.29 is 9.84 Å². The highest BCUT2D eigenvalue weighted by atomic mass is 35.5. The predicted octanol–water partition coefficient (Wildman–Crippen LogP) is 3.09. The molecule has 0 aliphatic rings. The number of hydrogen-bond donors (Lipinski definition) is 2. The van der Waals surface area contributed by atoms with E-state index in [0.717, 1.165) is 18.4 Å². The van der Waals surface area contributed by atoms with Crippen LogP contribution in [0.2, 0.25) is 5.02 Å². The zero-order valence-corrected chi connectivity index (χ0v) is 14.0. The van der Waals surface area contributed by atoms with Crippen molar-refractivity contribution in [2.24, 2.45) is 0 Å². The summed E-state index contributed by atoms with van der Waals surface area (Å²) in [4.78, 5) is 4.03. The number of ether oxygens (including phenoxy) is 1. The maximum Gasteiger partial charge on any atom is 0.138 e. The Kier molecular flexibility index (Phi) is 7.50. The van der Waals surface area contributed by atoms with E-state index in [4.69, 9.17) is 26.7 Å². The van der Waals surface area contributed by atoms with Crippen LogP contribution in [0, 0.1) is 11.3 Å². The number of nitrogens with one attached hydrogen (secondary N) is 1. The molecule has 0 saturated heterocycles. The van der Waals surface area contributed by atoms with E-state index in [9.17, 15) is 0 Å². The van der Waals surface area contributed by atoms with Crippen LogP contribution in [0.25, 0.3) is 0 Å². The molecular formula is C18H20ClN3O2. The number of aliphatic hydroxyl groups excluding tert-OH is 1. The molecule has 1 heterocycles. The molecule has 126 valence electrons. The van der Waals surface area contributed by atoms with Crippen LogP contribution in [0.3, 0.4) is 0 Å². The van der Waals surface area contributed by atoms with Crippen molar-refractivity contribution in [1.82, 2.24) is 10.3 Å². The van der Waals surface area contributed by atoms with Gasteiger partial charge in [0.1, 0.15) is 11.8 Å². The largest absolute Gasteiger partial charge is 0.492 e. The van der Waals surface area contributed by atoms with Gasteiger partial charge in [0.2, 0.25) is 0 Å². The molecule has 24 heavy (non-hydrogen) atoms. The van der Waals surface area contributed by atoms with E-state index in [1.165, 1.54) is 0 Å². The van der Waals surface area contributed by atoms with Gasteiger partial charge in [-0.3, -0.25) is 4.98 Å². The van der Waals surface area contributed by atoms with E-state index in [1.807, 2.05) is 12.1 Å². The number of rotatable bonds is 9. The van der Waals surface area contributed by atoms with Crippen molar-refractivity contribution >= 4 is 11.6 Å². The number of hydrogen-bond acceptors (Lipinski definition) is 5. The highest BCUT2D eigenvalue weighted by Gasteiger charge is 2.11. The lowest BCUT2D eigenvalue weighted by Crippen LogP contribution is -2.25. The summed E-state index contributed by atoms with van der Waals surface area (Å²) in [6.45, 7) is 1.10. The molecule has 0 amide bonds. The van der Waals surface area contributed by atoms with Crippen LogP contribution in [0.5, 0.6) is 5.75 Å². The summed E-state index contributed by atoms with van der Waals surface area (Å²) < 4.78 is 5.70. The summed E-state index contributed by atoms with van der Waals surface area (Å²) in [6, 6.07) is 11.1. The van der Waals surface area contributed by atoms with Gasteiger partial charge >= 0.3 is 0 Å². The molecule has 2 N–H and O–H groups in total. The minimum atomic E-state index is 0.0894. The topological polar surface area (TPSA) is 78.2 Å². The first kappa shape index (κ1) is 18.2. The molecule has 2 aromatic rings. The van der Waals surface area contributed by atoms with Crippen LogP contribution in [0.1, 0.15) is 30.0 Å².